The fourth-order valence-corrected chi connectivity index (χ4v) is 3.06. The van der Waals surface area contributed by atoms with Crippen LogP contribution < -0.4 is 15.4 Å². The number of hydrogen-bond donors (Lipinski definition) is 2. The normalized spacial score (nSPS) is 10.9. The fourth-order valence-electron chi connectivity index (χ4n) is 3.06. The van der Waals surface area contributed by atoms with Crippen molar-refractivity contribution < 1.29 is 37.0 Å². The Hall–Kier alpha value is -4.34. The van der Waals surface area contributed by atoms with Crippen molar-refractivity contribution >= 4 is 23.5 Å². The van der Waals surface area contributed by atoms with Crippen molar-refractivity contribution in [2.24, 2.45) is 0 Å². The van der Waals surface area contributed by atoms with E-state index in [9.17, 15) is 27.6 Å². The van der Waals surface area contributed by atoms with E-state index in [1.807, 2.05) is 30.3 Å². The lowest BCUT2D eigenvalue weighted by molar-refractivity contribution is -0.137. The summed E-state index contributed by atoms with van der Waals surface area (Å²) in [6.07, 6.45) is -3.87. The summed E-state index contributed by atoms with van der Waals surface area (Å²) in [4.78, 5) is 36.0. The topological polar surface area (TPSA) is 93.7 Å². The van der Waals surface area contributed by atoms with Gasteiger partial charge in [0.1, 0.15) is 5.75 Å². The molecule has 0 fully saturated rings. The highest BCUT2D eigenvalue weighted by Gasteiger charge is 2.30. The van der Waals surface area contributed by atoms with Crippen molar-refractivity contribution in [3.63, 3.8) is 0 Å². The van der Waals surface area contributed by atoms with Crippen LogP contribution in [-0.2, 0) is 26.9 Å². The molecule has 0 bridgehead atoms. The van der Waals surface area contributed by atoms with E-state index in [0.29, 0.717) is 13.0 Å². The summed E-state index contributed by atoms with van der Waals surface area (Å²) in [5.41, 5.74) is 0.354. The van der Waals surface area contributed by atoms with E-state index in [4.69, 9.17) is 9.47 Å². The van der Waals surface area contributed by atoms with Crippen molar-refractivity contribution in [2.75, 3.05) is 25.1 Å². The maximum absolute atomic E-state index is 12.8. The molecule has 3 rings (SSSR count). The molecular formula is C26H23F3N2O5. The lowest BCUT2D eigenvalue weighted by Crippen LogP contribution is -2.30. The number of carbonyl (C=O) groups is 3. The van der Waals surface area contributed by atoms with E-state index in [0.717, 1.165) is 17.7 Å². The summed E-state index contributed by atoms with van der Waals surface area (Å²) in [7, 11) is 0. The SMILES string of the molecule is O=C(COC(=O)c1ccc(OCC(=O)Nc2cccc(C(F)(F)F)c2)cc1)NCCc1ccccc1. The van der Waals surface area contributed by atoms with Crippen LogP contribution >= 0.6 is 0 Å². The van der Waals surface area contributed by atoms with Crippen molar-refractivity contribution in [3.05, 3.63) is 95.6 Å². The Balaban J connectivity index is 1.39. The first-order valence-corrected chi connectivity index (χ1v) is 10.9. The van der Waals surface area contributed by atoms with Crippen LogP contribution in [0.1, 0.15) is 21.5 Å². The maximum atomic E-state index is 12.8. The number of hydrogen-bond acceptors (Lipinski definition) is 5. The first-order valence-electron chi connectivity index (χ1n) is 10.9. The van der Waals surface area contributed by atoms with Gasteiger partial charge < -0.3 is 20.1 Å². The highest BCUT2D eigenvalue weighted by molar-refractivity contribution is 5.92. The Morgan fingerprint density at radius 1 is 0.806 bits per heavy atom. The quantitative estimate of drug-likeness (QED) is 0.406. The lowest BCUT2D eigenvalue weighted by atomic mass is 10.1. The second kappa shape index (κ2) is 12.4. The highest BCUT2D eigenvalue weighted by Crippen LogP contribution is 2.30. The minimum absolute atomic E-state index is 0.0133. The minimum atomic E-state index is -4.52. The number of halogens is 3. The predicted molar refractivity (Wildman–Crippen MR) is 125 cm³/mol. The molecule has 36 heavy (non-hydrogen) atoms. The van der Waals surface area contributed by atoms with Gasteiger partial charge in [-0.1, -0.05) is 36.4 Å². The van der Waals surface area contributed by atoms with Gasteiger partial charge in [0.25, 0.3) is 11.8 Å². The van der Waals surface area contributed by atoms with Crippen LogP contribution in [0.2, 0.25) is 0 Å². The molecule has 0 heterocycles. The Labute approximate surface area is 205 Å². The lowest BCUT2D eigenvalue weighted by Gasteiger charge is -2.11. The van der Waals surface area contributed by atoms with Gasteiger partial charge in [-0.05, 0) is 54.4 Å². The number of nitrogens with one attached hydrogen (secondary N) is 2. The Morgan fingerprint density at radius 2 is 1.53 bits per heavy atom. The number of rotatable bonds is 10. The Morgan fingerprint density at radius 3 is 2.22 bits per heavy atom. The average Bonchev–Trinajstić information content (AvgIpc) is 2.86. The molecule has 0 saturated carbocycles. The Kier molecular flexibility index (Phi) is 9.04. The Bertz CT molecular complexity index is 1180. The van der Waals surface area contributed by atoms with Gasteiger partial charge in [-0.2, -0.15) is 13.2 Å². The third-order valence-electron chi connectivity index (χ3n) is 4.85. The number of amides is 2. The molecule has 0 unspecified atom stereocenters. The molecule has 0 aromatic heterocycles. The minimum Gasteiger partial charge on any atom is -0.484 e. The zero-order valence-corrected chi connectivity index (χ0v) is 19.0. The van der Waals surface area contributed by atoms with Crippen LogP contribution in [0.5, 0.6) is 5.75 Å². The number of carbonyl (C=O) groups excluding carboxylic acids is 3. The molecule has 0 aliphatic rings. The summed E-state index contributed by atoms with van der Waals surface area (Å²) in [5, 5.41) is 5.00. The van der Waals surface area contributed by atoms with Gasteiger partial charge in [0.15, 0.2) is 13.2 Å². The van der Waals surface area contributed by atoms with Crippen LogP contribution in [0.4, 0.5) is 18.9 Å². The third kappa shape index (κ3) is 8.46. The zero-order chi connectivity index (χ0) is 26.0. The van der Waals surface area contributed by atoms with Gasteiger partial charge in [0.05, 0.1) is 11.1 Å². The molecule has 7 nitrogen and oxygen atoms in total. The molecule has 188 valence electrons. The molecule has 0 aliphatic heterocycles. The van der Waals surface area contributed by atoms with Crippen LogP contribution in [0.15, 0.2) is 78.9 Å². The van der Waals surface area contributed by atoms with Gasteiger partial charge in [0, 0.05) is 12.2 Å². The zero-order valence-electron chi connectivity index (χ0n) is 19.0. The smallest absolute Gasteiger partial charge is 0.416 e. The van der Waals surface area contributed by atoms with Gasteiger partial charge in [0.2, 0.25) is 0 Å². The van der Waals surface area contributed by atoms with Crippen molar-refractivity contribution in [2.45, 2.75) is 12.6 Å². The second-order valence-corrected chi connectivity index (χ2v) is 7.60. The molecule has 0 saturated heterocycles. The van der Waals surface area contributed by atoms with E-state index < -0.39 is 42.7 Å². The molecule has 3 aromatic carbocycles. The monoisotopic (exact) mass is 500 g/mol. The van der Waals surface area contributed by atoms with E-state index in [2.05, 4.69) is 10.6 Å². The molecule has 3 aromatic rings. The number of ether oxygens (including phenoxy) is 2. The number of benzene rings is 3. The van der Waals surface area contributed by atoms with Gasteiger partial charge >= 0.3 is 12.1 Å². The predicted octanol–water partition coefficient (Wildman–Crippen LogP) is 4.24. The van der Waals surface area contributed by atoms with Crippen LogP contribution in [0, 0.1) is 0 Å². The van der Waals surface area contributed by atoms with Crippen LogP contribution in [0.3, 0.4) is 0 Å². The first kappa shape index (κ1) is 26.3. The van der Waals surface area contributed by atoms with Crippen molar-refractivity contribution in [3.8, 4) is 5.75 Å². The molecule has 0 radical (unpaired) electrons. The second-order valence-electron chi connectivity index (χ2n) is 7.60. The standard InChI is InChI=1S/C26H23F3N2O5/c27-26(28,29)20-7-4-8-21(15-20)31-24(33)17-35-22-11-9-19(10-12-22)25(34)36-16-23(32)30-14-13-18-5-2-1-3-6-18/h1-12,15H,13-14,16-17H2,(H,30,32)(H,31,33). The van der Waals surface area contributed by atoms with E-state index >= 15 is 0 Å². The molecule has 2 amide bonds. The summed E-state index contributed by atoms with van der Waals surface area (Å²) >= 11 is 0. The third-order valence-corrected chi connectivity index (χ3v) is 4.85. The van der Waals surface area contributed by atoms with Gasteiger partial charge in [-0.25, -0.2) is 4.79 Å². The van der Waals surface area contributed by atoms with Crippen LogP contribution in [0.25, 0.3) is 0 Å². The fraction of sp³-hybridized carbons (Fsp3) is 0.192. The summed E-state index contributed by atoms with van der Waals surface area (Å²) in [5.74, 6) is -1.53. The van der Waals surface area contributed by atoms with E-state index in [1.165, 1.54) is 36.4 Å². The number of alkyl halides is 3. The molecule has 2 N–H and O–H groups in total. The largest absolute Gasteiger partial charge is 0.484 e. The molecular weight excluding hydrogens is 477 g/mol. The van der Waals surface area contributed by atoms with E-state index in [-0.39, 0.29) is 17.0 Å². The summed E-state index contributed by atoms with van der Waals surface area (Å²) in [6.45, 7) is -0.474. The summed E-state index contributed by atoms with van der Waals surface area (Å²) in [6, 6.07) is 19.5. The molecule has 0 aliphatic carbocycles. The maximum Gasteiger partial charge on any atom is 0.416 e. The average molecular weight is 500 g/mol. The van der Waals surface area contributed by atoms with Crippen molar-refractivity contribution in [1.29, 1.82) is 0 Å². The molecule has 0 atom stereocenters. The number of esters is 1. The van der Waals surface area contributed by atoms with Gasteiger partial charge in [-0.3, -0.25) is 9.59 Å². The summed E-state index contributed by atoms with van der Waals surface area (Å²) < 4.78 is 48.6. The first-order chi connectivity index (χ1) is 17.2. The molecule has 0 spiro atoms. The van der Waals surface area contributed by atoms with Crippen LogP contribution in [-0.4, -0.2) is 37.5 Å². The molecule has 10 heteroatoms. The van der Waals surface area contributed by atoms with Gasteiger partial charge in [-0.15, -0.1) is 0 Å². The highest BCUT2D eigenvalue weighted by atomic mass is 19.4. The van der Waals surface area contributed by atoms with E-state index in [1.54, 1.807) is 0 Å². The van der Waals surface area contributed by atoms with Crippen molar-refractivity contribution in [1.82, 2.24) is 5.32 Å². The number of anilines is 1.